The van der Waals surface area contributed by atoms with Crippen molar-refractivity contribution in [2.75, 3.05) is 20.3 Å². The maximum absolute atomic E-state index is 11.6. The molecule has 2 aromatic rings. The van der Waals surface area contributed by atoms with Gasteiger partial charge < -0.3 is 24.1 Å². The number of ether oxygens (including phenoxy) is 4. The first kappa shape index (κ1) is 29.9. The van der Waals surface area contributed by atoms with Gasteiger partial charge in [0.2, 0.25) is 0 Å². The third-order valence-electron chi connectivity index (χ3n) is 5.85. The first-order chi connectivity index (χ1) is 17.2. The monoisotopic (exact) mass is 520 g/mol. The average Bonchev–Trinajstić information content (AvgIpc) is 2.83. The van der Waals surface area contributed by atoms with Crippen LogP contribution in [-0.2, 0) is 33.5 Å². The van der Waals surface area contributed by atoms with Crippen molar-refractivity contribution in [2.24, 2.45) is 0 Å². The highest BCUT2D eigenvalue weighted by Crippen LogP contribution is 2.27. The molecule has 2 aromatic carbocycles. The van der Waals surface area contributed by atoms with Crippen LogP contribution >= 0.6 is 11.6 Å². The molecule has 200 valence electrons. The van der Waals surface area contributed by atoms with Crippen molar-refractivity contribution in [1.29, 1.82) is 0 Å². The van der Waals surface area contributed by atoms with Crippen molar-refractivity contribution in [1.82, 2.24) is 0 Å². The van der Waals surface area contributed by atoms with Gasteiger partial charge >= 0.3 is 6.16 Å². The minimum absolute atomic E-state index is 0.0351. The molecule has 2 atom stereocenters. The largest absolute Gasteiger partial charge is 0.508 e. The van der Waals surface area contributed by atoms with E-state index in [4.69, 9.17) is 30.5 Å². The molecule has 2 unspecified atom stereocenters. The predicted octanol–water partition coefficient (Wildman–Crippen LogP) is 6.54. The fourth-order valence-corrected chi connectivity index (χ4v) is 4.29. The molecule has 0 bridgehead atoms. The summed E-state index contributed by atoms with van der Waals surface area (Å²) < 4.78 is 21.0. The number of aryl methyl sites for hydroxylation is 2. The van der Waals surface area contributed by atoms with Gasteiger partial charge in [-0.25, -0.2) is 4.79 Å². The zero-order chi connectivity index (χ0) is 26.5. The van der Waals surface area contributed by atoms with Gasteiger partial charge in [-0.2, -0.15) is 0 Å². The zero-order valence-corrected chi connectivity index (χ0v) is 23.0. The van der Waals surface area contributed by atoms with Gasteiger partial charge in [0.15, 0.2) is 0 Å². The van der Waals surface area contributed by atoms with Crippen LogP contribution in [0.5, 0.6) is 5.75 Å². The number of carbonyl (C=O) groups excluding carboxylic acids is 1. The molecule has 0 aliphatic carbocycles. The Morgan fingerprint density at radius 2 is 1.72 bits per heavy atom. The Kier molecular flexibility index (Phi) is 13.1. The molecule has 0 saturated carbocycles. The highest BCUT2D eigenvalue weighted by Gasteiger charge is 2.18. The highest BCUT2D eigenvalue weighted by atomic mass is 35.5. The van der Waals surface area contributed by atoms with E-state index in [0.717, 1.165) is 47.6 Å². The van der Waals surface area contributed by atoms with Crippen LogP contribution in [0.15, 0.2) is 36.4 Å². The average molecular weight is 521 g/mol. The van der Waals surface area contributed by atoms with Crippen LogP contribution in [0.1, 0.15) is 69.2 Å². The van der Waals surface area contributed by atoms with Gasteiger partial charge in [-0.3, -0.25) is 0 Å². The molecule has 6 nitrogen and oxygen atoms in total. The first-order valence-electron chi connectivity index (χ1n) is 12.8. The van der Waals surface area contributed by atoms with Crippen molar-refractivity contribution in [3.8, 4) is 5.75 Å². The molecule has 7 heteroatoms. The number of aliphatic hydroxyl groups is 1. The summed E-state index contributed by atoms with van der Waals surface area (Å²) in [6.07, 6.45) is 2.33. The zero-order valence-electron chi connectivity index (χ0n) is 22.2. The standard InChI is InChI=1S/C29H41ClO6/c1-6-8-22-17-28(30)24(15-21-9-13-26(14-10-21)34-7-2)16-23(22)11-12-25(31)18-27(33-5)19-35-29(32)36-20(3)4/h9-10,13-14,16-17,20,25,27,31H,6-8,11-12,15,18-19H2,1-5H3. The lowest BCUT2D eigenvalue weighted by Crippen LogP contribution is -2.27. The van der Waals surface area contributed by atoms with E-state index in [0.29, 0.717) is 19.4 Å². The molecule has 0 aliphatic heterocycles. The van der Waals surface area contributed by atoms with Crippen LogP contribution in [0.3, 0.4) is 0 Å². The number of benzene rings is 2. The molecular formula is C29H41ClO6. The van der Waals surface area contributed by atoms with Gasteiger partial charge in [0.25, 0.3) is 0 Å². The first-order valence-corrected chi connectivity index (χ1v) is 13.2. The lowest BCUT2D eigenvalue weighted by Gasteiger charge is -2.20. The molecule has 0 aliphatic rings. The quantitative estimate of drug-likeness (QED) is 0.269. The SMILES string of the molecule is CCCc1cc(Cl)c(Cc2ccc(OCC)cc2)cc1CCC(O)CC(COC(=O)OC(C)C)OC. The number of hydrogen-bond acceptors (Lipinski definition) is 6. The molecule has 1 N–H and O–H groups in total. The Hall–Kier alpha value is -2.28. The summed E-state index contributed by atoms with van der Waals surface area (Å²) in [5.41, 5.74) is 4.64. The molecule has 0 saturated heterocycles. The van der Waals surface area contributed by atoms with E-state index in [2.05, 4.69) is 31.2 Å². The van der Waals surface area contributed by atoms with Gasteiger partial charge in [0.1, 0.15) is 12.4 Å². The number of carbonyl (C=O) groups is 1. The van der Waals surface area contributed by atoms with Gasteiger partial charge in [-0.15, -0.1) is 0 Å². The minimum atomic E-state index is -0.730. The van der Waals surface area contributed by atoms with Crippen molar-refractivity contribution >= 4 is 17.8 Å². The number of methoxy groups -OCH3 is 1. The van der Waals surface area contributed by atoms with Gasteiger partial charge in [0.05, 0.1) is 24.9 Å². The molecule has 2 rings (SSSR count). The van der Waals surface area contributed by atoms with Crippen molar-refractivity contribution in [3.63, 3.8) is 0 Å². The van der Waals surface area contributed by atoms with E-state index in [1.807, 2.05) is 19.1 Å². The predicted molar refractivity (Wildman–Crippen MR) is 143 cm³/mol. The molecule has 0 spiro atoms. The Bertz CT molecular complexity index is 928. The van der Waals surface area contributed by atoms with Crippen molar-refractivity contribution < 1.29 is 28.8 Å². The molecule has 0 heterocycles. The van der Waals surface area contributed by atoms with E-state index in [-0.39, 0.29) is 12.7 Å². The van der Waals surface area contributed by atoms with Crippen LogP contribution < -0.4 is 4.74 Å². The summed E-state index contributed by atoms with van der Waals surface area (Å²) in [5.74, 6) is 0.858. The van der Waals surface area contributed by atoms with Gasteiger partial charge in [-0.05, 0) is 86.9 Å². The Morgan fingerprint density at radius 3 is 2.33 bits per heavy atom. The maximum Gasteiger partial charge on any atom is 0.508 e. The fourth-order valence-electron chi connectivity index (χ4n) is 4.03. The Labute approximate surface area is 220 Å². The molecule has 0 aromatic heterocycles. The Morgan fingerprint density at radius 1 is 1.03 bits per heavy atom. The minimum Gasteiger partial charge on any atom is -0.494 e. The molecule has 0 radical (unpaired) electrons. The number of hydrogen-bond donors (Lipinski definition) is 1. The number of rotatable bonds is 15. The topological polar surface area (TPSA) is 74.2 Å². The van der Waals surface area contributed by atoms with Crippen LogP contribution in [-0.4, -0.2) is 49.9 Å². The van der Waals surface area contributed by atoms with E-state index in [1.54, 1.807) is 21.0 Å². The van der Waals surface area contributed by atoms with E-state index in [1.165, 1.54) is 11.1 Å². The normalized spacial score (nSPS) is 12.9. The summed E-state index contributed by atoms with van der Waals surface area (Å²) >= 11 is 6.67. The third kappa shape index (κ3) is 10.4. The molecule has 0 amide bonds. The van der Waals surface area contributed by atoms with Crippen LogP contribution in [0.25, 0.3) is 0 Å². The lowest BCUT2D eigenvalue weighted by molar-refractivity contribution is -0.0250. The summed E-state index contributed by atoms with van der Waals surface area (Å²) in [7, 11) is 1.54. The van der Waals surface area contributed by atoms with Crippen LogP contribution in [0.2, 0.25) is 5.02 Å². The molecular weight excluding hydrogens is 480 g/mol. The molecule has 36 heavy (non-hydrogen) atoms. The van der Waals surface area contributed by atoms with E-state index < -0.39 is 18.4 Å². The fraction of sp³-hybridized carbons (Fsp3) is 0.552. The second-order valence-corrected chi connectivity index (χ2v) is 9.64. The summed E-state index contributed by atoms with van der Waals surface area (Å²) in [5, 5.41) is 11.4. The summed E-state index contributed by atoms with van der Waals surface area (Å²) in [6.45, 7) is 8.30. The summed E-state index contributed by atoms with van der Waals surface area (Å²) in [4.78, 5) is 11.6. The number of halogens is 1. The third-order valence-corrected chi connectivity index (χ3v) is 6.20. The smallest absolute Gasteiger partial charge is 0.494 e. The van der Waals surface area contributed by atoms with Crippen molar-refractivity contribution in [3.05, 3.63) is 63.7 Å². The number of aliphatic hydroxyl groups excluding tert-OH is 1. The van der Waals surface area contributed by atoms with Crippen LogP contribution in [0, 0.1) is 0 Å². The van der Waals surface area contributed by atoms with E-state index in [9.17, 15) is 9.90 Å². The van der Waals surface area contributed by atoms with E-state index >= 15 is 0 Å². The second-order valence-electron chi connectivity index (χ2n) is 9.23. The van der Waals surface area contributed by atoms with Gasteiger partial charge in [0, 0.05) is 18.6 Å². The van der Waals surface area contributed by atoms with Crippen LogP contribution in [0.4, 0.5) is 4.79 Å². The summed E-state index contributed by atoms with van der Waals surface area (Å²) in [6, 6.07) is 12.3. The van der Waals surface area contributed by atoms with Gasteiger partial charge in [-0.1, -0.05) is 43.1 Å². The lowest BCUT2D eigenvalue weighted by atomic mass is 9.93. The molecule has 0 fully saturated rings. The van der Waals surface area contributed by atoms with Crippen molar-refractivity contribution in [2.45, 2.75) is 84.5 Å². The Balaban J connectivity index is 2.02. The second kappa shape index (κ2) is 15.7. The highest BCUT2D eigenvalue weighted by molar-refractivity contribution is 6.31. The maximum atomic E-state index is 11.6.